The molecule has 1 atom stereocenters. The third kappa shape index (κ3) is 8.57. The number of hydrogen-bond donors (Lipinski definition) is 1. The molecule has 1 unspecified atom stereocenters. The van der Waals surface area contributed by atoms with E-state index in [9.17, 15) is 4.79 Å². The molecule has 6 heteroatoms. The SMILES string of the molecule is CC(C)(C)CCN1CCN(C(=O)CCC2CCNC2)CC1.Cl.Cl. The van der Waals surface area contributed by atoms with Gasteiger partial charge in [-0.1, -0.05) is 20.8 Å². The first kappa shape index (κ1) is 23.0. The highest BCUT2D eigenvalue weighted by atomic mass is 35.5. The summed E-state index contributed by atoms with van der Waals surface area (Å²) in [5.74, 6) is 1.10. The maximum Gasteiger partial charge on any atom is 0.222 e. The second kappa shape index (κ2) is 10.8. The highest BCUT2D eigenvalue weighted by Crippen LogP contribution is 2.20. The van der Waals surface area contributed by atoms with Crippen molar-refractivity contribution in [2.24, 2.45) is 11.3 Å². The lowest BCUT2D eigenvalue weighted by molar-refractivity contribution is -0.133. The van der Waals surface area contributed by atoms with E-state index >= 15 is 0 Å². The molecule has 0 aromatic carbocycles. The number of rotatable bonds is 5. The van der Waals surface area contributed by atoms with Gasteiger partial charge in [-0.15, -0.1) is 24.8 Å². The van der Waals surface area contributed by atoms with Gasteiger partial charge in [-0.25, -0.2) is 0 Å². The molecule has 1 N–H and O–H groups in total. The molecular weight excluding hydrogens is 333 g/mol. The van der Waals surface area contributed by atoms with Crippen LogP contribution in [0.5, 0.6) is 0 Å². The Balaban J connectivity index is 0.00000242. The van der Waals surface area contributed by atoms with Gasteiger partial charge in [0.2, 0.25) is 5.91 Å². The highest BCUT2D eigenvalue weighted by Gasteiger charge is 2.23. The van der Waals surface area contributed by atoms with Crippen molar-refractivity contribution in [3.05, 3.63) is 0 Å². The first-order chi connectivity index (χ1) is 9.94. The lowest BCUT2D eigenvalue weighted by Crippen LogP contribution is -2.49. The zero-order valence-electron chi connectivity index (χ0n) is 15.0. The van der Waals surface area contributed by atoms with Gasteiger partial charge in [-0.05, 0) is 50.2 Å². The maximum absolute atomic E-state index is 12.3. The second-order valence-corrected chi connectivity index (χ2v) is 7.93. The predicted molar refractivity (Wildman–Crippen MR) is 102 cm³/mol. The molecule has 0 aromatic heterocycles. The van der Waals surface area contributed by atoms with E-state index in [0.29, 0.717) is 11.3 Å². The van der Waals surface area contributed by atoms with Crippen molar-refractivity contribution in [2.75, 3.05) is 45.8 Å². The zero-order chi connectivity index (χ0) is 15.3. The summed E-state index contributed by atoms with van der Waals surface area (Å²) >= 11 is 0. The minimum absolute atomic E-state index is 0. The number of hydrogen-bond acceptors (Lipinski definition) is 3. The summed E-state index contributed by atoms with van der Waals surface area (Å²) in [4.78, 5) is 16.9. The zero-order valence-corrected chi connectivity index (χ0v) is 16.6. The van der Waals surface area contributed by atoms with Gasteiger partial charge in [-0.3, -0.25) is 9.69 Å². The summed E-state index contributed by atoms with van der Waals surface area (Å²) in [5, 5.41) is 3.38. The van der Waals surface area contributed by atoms with E-state index in [4.69, 9.17) is 0 Å². The highest BCUT2D eigenvalue weighted by molar-refractivity contribution is 5.85. The first-order valence-electron chi connectivity index (χ1n) is 8.65. The molecule has 23 heavy (non-hydrogen) atoms. The quantitative estimate of drug-likeness (QED) is 0.811. The van der Waals surface area contributed by atoms with Crippen molar-refractivity contribution in [3.63, 3.8) is 0 Å². The molecule has 2 aliphatic rings. The molecule has 138 valence electrons. The summed E-state index contributed by atoms with van der Waals surface area (Å²) < 4.78 is 0. The van der Waals surface area contributed by atoms with Crippen LogP contribution in [0.2, 0.25) is 0 Å². The minimum Gasteiger partial charge on any atom is -0.340 e. The Morgan fingerprint density at radius 3 is 2.30 bits per heavy atom. The number of carbonyl (C=O) groups is 1. The molecule has 1 amide bonds. The number of halogens is 2. The Morgan fingerprint density at radius 1 is 1.13 bits per heavy atom. The van der Waals surface area contributed by atoms with Crippen LogP contribution in [-0.4, -0.2) is 61.5 Å². The van der Waals surface area contributed by atoms with Crippen molar-refractivity contribution in [1.29, 1.82) is 0 Å². The van der Waals surface area contributed by atoms with Gasteiger partial charge in [0.15, 0.2) is 0 Å². The van der Waals surface area contributed by atoms with E-state index in [0.717, 1.165) is 58.0 Å². The van der Waals surface area contributed by atoms with Gasteiger partial charge in [0, 0.05) is 32.6 Å². The summed E-state index contributed by atoms with van der Waals surface area (Å²) in [7, 11) is 0. The smallest absolute Gasteiger partial charge is 0.222 e. The number of nitrogens with zero attached hydrogens (tertiary/aromatic N) is 2. The number of carbonyl (C=O) groups excluding carboxylic acids is 1. The molecule has 2 rings (SSSR count). The Bertz CT molecular complexity index is 333. The molecule has 0 radical (unpaired) electrons. The molecule has 2 aliphatic heterocycles. The molecule has 0 bridgehead atoms. The fourth-order valence-electron chi connectivity index (χ4n) is 3.16. The topological polar surface area (TPSA) is 35.6 Å². The van der Waals surface area contributed by atoms with Crippen LogP contribution < -0.4 is 5.32 Å². The van der Waals surface area contributed by atoms with E-state index in [1.54, 1.807) is 0 Å². The average molecular weight is 368 g/mol. The van der Waals surface area contributed by atoms with E-state index in [-0.39, 0.29) is 24.8 Å². The average Bonchev–Trinajstić information content (AvgIpc) is 2.95. The molecule has 0 aromatic rings. The van der Waals surface area contributed by atoms with Gasteiger partial charge in [0.05, 0.1) is 0 Å². The molecule has 4 nitrogen and oxygen atoms in total. The molecule has 2 saturated heterocycles. The van der Waals surface area contributed by atoms with Gasteiger partial charge in [-0.2, -0.15) is 0 Å². The van der Waals surface area contributed by atoms with Crippen molar-refractivity contribution in [3.8, 4) is 0 Å². The van der Waals surface area contributed by atoms with Crippen LogP contribution in [0.15, 0.2) is 0 Å². The number of piperazine rings is 1. The summed E-state index contributed by atoms with van der Waals surface area (Å²) in [5.41, 5.74) is 0.405. The Labute approximate surface area is 154 Å². The predicted octanol–water partition coefficient (Wildman–Crippen LogP) is 2.80. The van der Waals surface area contributed by atoms with Crippen molar-refractivity contribution < 1.29 is 4.79 Å². The van der Waals surface area contributed by atoms with E-state index in [1.807, 2.05) is 0 Å². The van der Waals surface area contributed by atoms with Crippen LogP contribution in [-0.2, 0) is 4.79 Å². The van der Waals surface area contributed by atoms with Crippen molar-refractivity contribution in [1.82, 2.24) is 15.1 Å². The van der Waals surface area contributed by atoms with Crippen LogP contribution in [0.3, 0.4) is 0 Å². The Morgan fingerprint density at radius 2 is 1.78 bits per heavy atom. The second-order valence-electron chi connectivity index (χ2n) is 7.93. The molecular formula is C17H35Cl2N3O. The third-order valence-electron chi connectivity index (χ3n) is 4.83. The van der Waals surface area contributed by atoms with Crippen molar-refractivity contribution >= 4 is 30.7 Å². The van der Waals surface area contributed by atoms with E-state index in [2.05, 4.69) is 35.9 Å². The molecule has 2 fully saturated rings. The normalized spacial score (nSPS) is 22.4. The fourth-order valence-corrected chi connectivity index (χ4v) is 3.16. The monoisotopic (exact) mass is 367 g/mol. The third-order valence-corrected chi connectivity index (χ3v) is 4.83. The largest absolute Gasteiger partial charge is 0.340 e. The standard InChI is InChI=1S/C17H33N3O.2ClH/c1-17(2,3)7-9-19-10-12-20(13-11-19)16(21)5-4-15-6-8-18-14-15;;/h15,18H,4-14H2,1-3H3;2*1H. The van der Waals surface area contributed by atoms with Gasteiger partial charge < -0.3 is 10.2 Å². The van der Waals surface area contributed by atoms with Crippen LogP contribution in [0.1, 0.15) is 46.5 Å². The van der Waals surface area contributed by atoms with Crippen LogP contribution in [0.4, 0.5) is 0 Å². The Kier molecular flexibility index (Phi) is 10.7. The maximum atomic E-state index is 12.3. The lowest BCUT2D eigenvalue weighted by atomic mass is 9.92. The number of amides is 1. The Hall–Kier alpha value is -0.0300. The van der Waals surface area contributed by atoms with Crippen LogP contribution in [0, 0.1) is 11.3 Å². The molecule has 0 saturated carbocycles. The van der Waals surface area contributed by atoms with Crippen molar-refractivity contribution in [2.45, 2.75) is 46.5 Å². The van der Waals surface area contributed by atoms with Crippen LogP contribution in [0.25, 0.3) is 0 Å². The minimum atomic E-state index is 0. The first-order valence-corrected chi connectivity index (χ1v) is 8.65. The lowest BCUT2D eigenvalue weighted by Gasteiger charge is -2.36. The fraction of sp³-hybridized carbons (Fsp3) is 0.941. The van der Waals surface area contributed by atoms with E-state index < -0.39 is 0 Å². The van der Waals surface area contributed by atoms with Gasteiger partial charge in [0.1, 0.15) is 0 Å². The number of nitrogens with one attached hydrogen (secondary N) is 1. The van der Waals surface area contributed by atoms with E-state index in [1.165, 1.54) is 19.4 Å². The summed E-state index contributed by atoms with van der Waals surface area (Å²) in [6.45, 7) is 14.2. The molecule has 0 aliphatic carbocycles. The van der Waals surface area contributed by atoms with Gasteiger partial charge in [0.25, 0.3) is 0 Å². The van der Waals surface area contributed by atoms with Crippen LogP contribution >= 0.6 is 24.8 Å². The molecule has 0 spiro atoms. The van der Waals surface area contributed by atoms with Gasteiger partial charge >= 0.3 is 0 Å². The summed E-state index contributed by atoms with van der Waals surface area (Å²) in [6, 6.07) is 0. The summed E-state index contributed by atoms with van der Waals surface area (Å²) in [6.07, 6.45) is 4.29. The molecule has 2 heterocycles.